The largest absolute Gasteiger partial charge is 0.390 e. The number of anilines is 1. The van der Waals surface area contributed by atoms with Crippen LogP contribution in [-0.4, -0.2) is 29.7 Å². The van der Waals surface area contributed by atoms with Crippen molar-refractivity contribution in [2.45, 2.75) is 45.7 Å². The summed E-state index contributed by atoms with van der Waals surface area (Å²) >= 11 is 6.06. The average molecular weight is 310 g/mol. The van der Waals surface area contributed by atoms with Gasteiger partial charge >= 0.3 is 6.18 Å². The topological polar surface area (TPSA) is 29.0 Å². The Kier molecular flexibility index (Phi) is 4.90. The van der Waals surface area contributed by atoms with Gasteiger partial charge in [0.15, 0.2) is 0 Å². The Labute approximate surface area is 122 Å². The molecule has 0 atom stereocenters. The molecule has 0 fully saturated rings. The maximum absolute atomic E-state index is 12.3. The van der Waals surface area contributed by atoms with Crippen molar-refractivity contribution in [1.29, 1.82) is 0 Å². The number of hydrogen-bond acceptors (Lipinski definition) is 3. The number of alkyl halides is 3. The van der Waals surface area contributed by atoms with Crippen LogP contribution in [0.3, 0.4) is 0 Å². The number of rotatable bonds is 3. The van der Waals surface area contributed by atoms with E-state index in [0.29, 0.717) is 17.2 Å². The summed E-state index contributed by atoms with van der Waals surface area (Å²) in [7, 11) is 1.57. The van der Waals surface area contributed by atoms with E-state index in [1.54, 1.807) is 14.0 Å². The van der Waals surface area contributed by atoms with Crippen molar-refractivity contribution < 1.29 is 13.2 Å². The van der Waals surface area contributed by atoms with Gasteiger partial charge in [-0.2, -0.15) is 13.2 Å². The van der Waals surface area contributed by atoms with Gasteiger partial charge in [0.1, 0.15) is 16.8 Å². The lowest BCUT2D eigenvalue weighted by molar-refractivity contribution is -0.132. The van der Waals surface area contributed by atoms with Crippen LogP contribution in [0.1, 0.15) is 38.6 Å². The van der Waals surface area contributed by atoms with Gasteiger partial charge in [-0.25, -0.2) is 9.97 Å². The Morgan fingerprint density at radius 1 is 1.15 bits per heavy atom. The molecular formula is C13H19ClF3N3. The van der Waals surface area contributed by atoms with Gasteiger partial charge in [0, 0.05) is 24.6 Å². The summed E-state index contributed by atoms with van der Waals surface area (Å²) in [6, 6.07) is 0. The van der Waals surface area contributed by atoms with Gasteiger partial charge in [-0.1, -0.05) is 32.4 Å². The van der Waals surface area contributed by atoms with E-state index in [2.05, 4.69) is 9.97 Å². The third kappa shape index (κ3) is 4.51. The normalized spacial score (nSPS) is 12.7. The SMILES string of the molecule is Cc1c(Cl)nc(C(C)(C)C)nc1N(C)CCC(F)(F)F. The molecule has 1 heterocycles. The van der Waals surface area contributed by atoms with Gasteiger partial charge in [0.25, 0.3) is 0 Å². The first-order valence-electron chi connectivity index (χ1n) is 6.24. The molecule has 0 N–H and O–H groups in total. The zero-order valence-electron chi connectivity index (χ0n) is 12.3. The van der Waals surface area contributed by atoms with Gasteiger partial charge in [0.05, 0.1) is 6.42 Å². The lowest BCUT2D eigenvalue weighted by Crippen LogP contribution is -2.27. The van der Waals surface area contributed by atoms with Crippen molar-refractivity contribution >= 4 is 17.4 Å². The molecule has 0 saturated carbocycles. The second-order valence-electron chi connectivity index (χ2n) is 5.82. The summed E-state index contributed by atoms with van der Waals surface area (Å²) in [6.07, 6.45) is -5.08. The van der Waals surface area contributed by atoms with Crippen LogP contribution in [0.4, 0.5) is 19.0 Å². The molecular weight excluding hydrogens is 291 g/mol. The van der Waals surface area contributed by atoms with Crippen LogP contribution >= 0.6 is 11.6 Å². The second-order valence-corrected chi connectivity index (χ2v) is 6.18. The predicted molar refractivity (Wildman–Crippen MR) is 74.4 cm³/mol. The number of aromatic nitrogens is 2. The lowest BCUT2D eigenvalue weighted by atomic mass is 9.95. The maximum Gasteiger partial charge on any atom is 0.390 e. The van der Waals surface area contributed by atoms with Gasteiger partial charge in [0.2, 0.25) is 0 Å². The van der Waals surface area contributed by atoms with E-state index in [-0.39, 0.29) is 17.1 Å². The van der Waals surface area contributed by atoms with E-state index >= 15 is 0 Å². The molecule has 0 amide bonds. The van der Waals surface area contributed by atoms with E-state index in [1.807, 2.05) is 20.8 Å². The summed E-state index contributed by atoms with van der Waals surface area (Å²) in [6.45, 7) is 7.31. The van der Waals surface area contributed by atoms with Crippen molar-refractivity contribution in [1.82, 2.24) is 9.97 Å². The zero-order chi connectivity index (χ0) is 15.7. The summed E-state index contributed by atoms with van der Waals surface area (Å²) in [4.78, 5) is 10.0. The van der Waals surface area contributed by atoms with Crippen LogP contribution < -0.4 is 4.90 Å². The molecule has 1 rings (SSSR count). The van der Waals surface area contributed by atoms with Crippen molar-refractivity contribution in [2.24, 2.45) is 0 Å². The Balaban J connectivity index is 3.07. The molecule has 1 aromatic rings. The molecule has 0 aliphatic carbocycles. The minimum absolute atomic E-state index is 0.165. The van der Waals surface area contributed by atoms with E-state index in [1.165, 1.54) is 4.90 Å². The minimum atomic E-state index is -4.19. The highest BCUT2D eigenvalue weighted by Crippen LogP contribution is 2.28. The van der Waals surface area contributed by atoms with E-state index in [0.717, 1.165) is 0 Å². The number of nitrogens with zero attached hydrogens (tertiary/aromatic N) is 3. The Hall–Kier alpha value is -1.04. The Bertz CT molecular complexity index is 481. The standard InChI is InChI=1S/C13H19ClF3N3/c1-8-9(14)18-11(12(2,3)4)19-10(8)20(5)7-6-13(15,16)17/h6-7H2,1-5H3. The van der Waals surface area contributed by atoms with Crippen LogP contribution in [0.15, 0.2) is 0 Å². The van der Waals surface area contributed by atoms with Gasteiger partial charge in [-0.05, 0) is 6.92 Å². The summed E-state index contributed by atoms with van der Waals surface area (Å²) < 4.78 is 36.9. The molecule has 0 aliphatic heterocycles. The fraction of sp³-hybridized carbons (Fsp3) is 0.692. The van der Waals surface area contributed by atoms with E-state index in [9.17, 15) is 13.2 Å². The van der Waals surface area contributed by atoms with Crippen LogP contribution in [0, 0.1) is 6.92 Å². The Morgan fingerprint density at radius 3 is 2.15 bits per heavy atom. The predicted octanol–water partition coefficient (Wildman–Crippen LogP) is 4.12. The van der Waals surface area contributed by atoms with Gasteiger partial charge < -0.3 is 4.90 Å². The highest BCUT2D eigenvalue weighted by atomic mass is 35.5. The van der Waals surface area contributed by atoms with E-state index < -0.39 is 12.6 Å². The number of hydrogen-bond donors (Lipinski definition) is 0. The minimum Gasteiger partial charge on any atom is -0.359 e. The molecule has 7 heteroatoms. The summed E-state index contributed by atoms with van der Waals surface area (Å²) in [5, 5.41) is 0.277. The molecule has 3 nitrogen and oxygen atoms in total. The highest BCUT2D eigenvalue weighted by Gasteiger charge is 2.28. The fourth-order valence-electron chi connectivity index (χ4n) is 1.59. The van der Waals surface area contributed by atoms with Crippen LogP contribution in [0.5, 0.6) is 0 Å². The smallest absolute Gasteiger partial charge is 0.359 e. The molecule has 1 aromatic heterocycles. The molecule has 0 bridgehead atoms. The van der Waals surface area contributed by atoms with Gasteiger partial charge in [-0.15, -0.1) is 0 Å². The molecule has 20 heavy (non-hydrogen) atoms. The molecule has 0 radical (unpaired) electrons. The first-order valence-corrected chi connectivity index (χ1v) is 6.62. The van der Waals surface area contributed by atoms with Crippen LogP contribution in [0.25, 0.3) is 0 Å². The molecule has 0 unspecified atom stereocenters. The van der Waals surface area contributed by atoms with Crippen molar-refractivity contribution in [2.75, 3.05) is 18.5 Å². The van der Waals surface area contributed by atoms with Crippen molar-refractivity contribution in [3.05, 3.63) is 16.5 Å². The highest BCUT2D eigenvalue weighted by molar-refractivity contribution is 6.30. The lowest BCUT2D eigenvalue weighted by Gasteiger charge is -2.24. The first kappa shape index (κ1) is 17.0. The molecule has 0 aliphatic rings. The first-order chi connectivity index (χ1) is 8.92. The van der Waals surface area contributed by atoms with Gasteiger partial charge in [-0.3, -0.25) is 0 Å². The van der Waals surface area contributed by atoms with Crippen LogP contribution in [-0.2, 0) is 5.41 Å². The number of halogens is 4. The zero-order valence-corrected chi connectivity index (χ0v) is 13.0. The fourth-order valence-corrected chi connectivity index (χ4v) is 1.75. The molecule has 0 saturated heterocycles. The average Bonchev–Trinajstić information content (AvgIpc) is 2.27. The summed E-state index contributed by atoms with van der Waals surface area (Å²) in [5.74, 6) is 0.959. The Morgan fingerprint density at radius 2 is 1.70 bits per heavy atom. The molecule has 114 valence electrons. The van der Waals surface area contributed by atoms with Crippen molar-refractivity contribution in [3.63, 3.8) is 0 Å². The monoisotopic (exact) mass is 309 g/mol. The van der Waals surface area contributed by atoms with E-state index in [4.69, 9.17) is 11.6 Å². The van der Waals surface area contributed by atoms with Crippen molar-refractivity contribution in [3.8, 4) is 0 Å². The third-order valence-electron chi connectivity index (χ3n) is 2.82. The van der Waals surface area contributed by atoms with Crippen LogP contribution in [0.2, 0.25) is 5.15 Å². The summed E-state index contributed by atoms with van der Waals surface area (Å²) in [5.41, 5.74) is 0.265. The maximum atomic E-state index is 12.3. The second kappa shape index (κ2) is 5.76. The molecule has 0 spiro atoms. The quantitative estimate of drug-likeness (QED) is 0.786. The third-order valence-corrected chi connectivity index (χ3v) is 3.19. The molecule has 0 aromatic carbocycles.